The Labute approximate surface area is 95.9 Å². The molecule has 1 N–H and O–H groups in total. The van der Waals surface area contributed by atoms with Crippen molar-refractivity contribution in [3.8, 4) is 5.75 Å². The summed E-state index contributed by atoms with van der Waals surface area (Å²) in [6, 6.07) is 4.36. The number of hydrogen-bond donors (Lipinski definition) is 1. The van der Waals surface area contributed by atoms with Crippen molar-refractivity contribution in [2.45, 2.75) is 25.5 Å². The third kappa shape index (κ3) is 3.18. The maximum atomic E-state index is 8.93. The van der Waals surface area contributed by atoms with Crippen molar-refractivity contribution in [1.82, 2.24) is 9.88 Å². The van der Waals surface area contributed by atoms with E-state index in [2.05, 4.69) is 16.9 Å². The smallest absolute Gasteiger partial charge is 0.122 e. The van der Waals surface area contributed by atoms with Crippen LogP contribution in [-0.4, -0.2) is 41.2 Å². The van der Waals surface area contributed by atoms with Crippen LogP contribution in [0.4, 0.5) is 0 Å². The molecule has 0 saturated heterocycles. The van der Waals surface area contributed by atoms with Gasteiger partial charge in [-0.3, -0.25) is 4.98 Å². The lowest BCUT2D eigenvalue weighted by molar-refractivity contribution is 0.230. The Balaban J connectivity index is 1.75. The average Bonchev–Trinajstić information content (AvgIpc) is 3.13. The molecule has 4 heteroatoms. The van der Waals surface area contributed by atoms with Gasteiger partial charge < -0.3 is 14.7 Å². The van der Waals surface area contributed by atoms with Gasteiger partial charge in [-0.25, -0.2) is 0 Å². The number of ether oxygens (including phenoxy) is 1. The summed E-state index contributed by atoms with van der Waals surface area (Å²) in [6.45, 7) is 1.59. The van der Waals surface area contributed by atoms with Gasteiger partial charge >= 0.3 is 0 Å². The number of aliphatic hydroxyl groups is 1. The summed E-state index contributed by atoms with van der Waals surface area (Å²) in [5, 5.41) is 8.93. The number of nitrogens with zero attached hydrogens (tertiary/aromatic N) is 2. The lowest BCUT2D eigenvalue weighted by Gasteiger charge is -2.15. The van der Waals surface area contributed by atoms with Gasteiger partial charge in [0, 0.05) is 24.8 Å². The zero-order valence-electron chi connectivity index (χ0n) is 9.59. The molecule has 0 atom stereocenters. The number of likely N-dealkylation sites (N-methyl/N-ethyl adjacent to an activating group) is 1. The molecule has 16 heavy (non-hydrogen) atoms. The first kappa shape index (κ1) is 11.4. The molecule has 0 amide bonds. The van der Waals surface area contributed by atoms with Crippen LogP contribution in [0.2, 0.25) is 0 Å². The van der Waals surface area contributed by atoms with E-state index in [0.717, 1.165) is 18.3 Å². The minimum atomic E-state index is -0.0425. The second kappa shape index (κ2) is 5.27. The molecule has 1 aliphatic carbocycles. The molecule has 2 rings (SSSR count). The van der Waals surface area contributed by atoms with Crippen LogP contribution in [-0.2, 0) is 6.61 Å². The molecular formula is C12H18N2O2. The summed E-state index contributed by atoms with van der Waals surface area (Å²) in [4.78, 5) is 6.33. The van der Waals surface area contributed by atoms with Gasteiger partial charge in [-0.2, -0.15) is 0 Å². The van der Waals surface area contributed by atoms with Crippen LogP contribution in [0.5, 0.6) is 5.75 Å². The molecule has 0 bridgehead atoms. The van der Waals surface area contributed by atoms with Crippen LogP contribution >= 0.6 is 0 Å². The highest BCUT2D eigenvalue weighted by Gasteiger charge is 2.25. The van der Waals surface area contributed by atoms with Gasteiger partial charge in [0.2, 0.25) is 0 Å². The fourth-order valence-corrected chi connectivity index (χ4v) is 1.64. The van der Waals surface area contributed by atoms with Gasteiger partial charge in [0.25, 0.3) is 0 Å². The number of pyridine rings is 1. The molecule has 88 valence electrons. The summed E-state index contributed by atoms with van der Waals surface area (Å²) in [6.07, 6.45) is 4.30. The Morgan fingerprint density at radius 3 is 3.06 bits per heavy atom. The third-order valence-electron chi connectivity index (χ3n) is 2.83. The molecule has 0 aromatic carbocycles. The van der Waals surface area contributed by atoms with Crippen molar-refractivity contribution in [1.29, 1.82) is 0 Å². The van der Waals surface area contributed by atoms with E-state index in [9.17, 15) is 0 Å². The van der Waals surface area contributed by atoms with E-state index in [1.807, 2.05) is 6.07 Å². The van der Waals surface area contributed by atoms with Crippen LogP contribution in [0.1, 0.15) is 18.5 Å². The molecule has 1 fully saturated rings. The van der Waals surface area contributed by atoms with E-state index in [0.29, 0.717) is 12.3 Å². The quantitative estimate of drug-likeness (QED) is 0.781. The highest BCUT2D eigenvalue weighted by molar-refractivity contribution is 5.22. The lowest BCUT2D eigenvalue weighted by atomic mass is 10.3. The summed E-state index contributed by atoms with van der Waals surface area (Å²) >= 11 is 0. The maximum absolute atomic E-state index is 8.93. The molecule has 0 aliphatic heterocycles. The molecule has 1 aromatic heterocycles. The number of aromatic nitrogens is 1. The third-order valence-corrected chi connectivity index (χ3v) is 2.83. The summed E-state index contributed by atoms with van der Waals surface area (Å²) in [5.41, 5.74) is 0.646. The SMILES string of the molecule is CN(CCOc1ccnc(CO)c1)C1CC1. The van der Waals surface area contributed by atoms with Gasteiger partial charge in [0.05, 0.1) is 12.3 Å². The monoisotopic (exact) mass is 222 g/mol. The van der Waals surface area contributed by atoms with Crippen molar-refractivity contribution >= 4 is 0 Å². The fourth-order valence-electron chi connectivity index (χ4n) is 1.64. The zero-order valence-corrected chi connectivity index (χ0v) is 9.59. The topological polar surface area (TPSA) is 45.6 Å². The van der Waals surface area contributed by atoms with Gasteiger partial charge in [-0.1, -0.05) is 0 Å². The maximum Gasteiger partial charge on any atom is 0.122 e. The van der Waals surface area contributed by atoms with Crippen molar-refractivity contribution < 1.29 is 9.84 Å². The van der Waals surface area contributed by atoms with E-state index in [1.54, 1.807) is 12.3 Å². The Morgan fingerprint density at radius 2 is 2.38 bits per heavy atom. The minimum absolute atomic E-state index is 0.0425. The van der Waals surface area contributed by atoms with Gasteiger partial charge in [-0.05, 0) is 26.0 Å². The van der Waals surface area contributed by atoms with Crippen molar-refractivity contribution in [2.24, 2.45) is 0 Å². The van der Waals surface area contributed by atoms with Crippen molar-refractivity contribution in [3.05, 3.63) is 24.0 Å². The Morgan fingerprint density at radius 1 is 1.56 bits per heavy atom. The van der Waals surface area contributed by atoms with Gasteiger partial charge in [-0.15, -0.1) is 0 Å². The molecule has 1 aromatic rings. The highest BCUT2D eigenvalue weighted by atomic mass is 16.5. The zero-order chi connectivity index (χ0) is 11.4. The normalized spacial score (nSPS) is 15.4. The Hall–Kier alpha value is -1.13. The van der Waals surface area contributed by atoms with E-state index in [1.165, 1.54) is 12.8 Å². The van der Waals surface area contributed by atoms with E-state index < -0.39 is 0 Å². The first-order valence-corrected chi connectivity index (χ1v) is 5.68. The second-order valence-electron chi connectivity index (χ2n) is 4.20. The lowest BCUT2D eigenvalue weighted by Crippen LogP contribution is -2.26. The predicted molar refractivity (Wildman–Crippen MR) is 61.3 cm³/mol. The molecule has 0 radical (unpaired) electrons. The van der Waals surface area contributed by atoms with E-state index in [4.69, 9.17) is 9.84 Å². The Kier molecular flexibility index (Phi) is 3.74. The van der Waals surface area contributed by atoms with Crippen LogP contribution in [0, 0.1) is 0 Å². The summed E-state index contributed by atoms with van der Waals surface area (Å²) in [7, 11) is 2.13. The molecular weight excluding hydrogens is 204 g/mol. The minimum Gasteiger partial charge on any atom is -0.492 e. The van der Waals surface area contributed by atoms with Gasteiger partial charge in [0.1, 0.15) is 12.4 Å². The molecule has 1 heterocycles. The summed E-state index contributed by atoms with van der Waals surface area (Å²) < 4.78 is 5.60. The summed E-state index contributed by atoms with van der Waals surface area (Å²) in [5.74, 6) is 0.781. The molecule has 0 unspecified atom stereocenters. The number of aliphatic hydroxyl groups excluding tert-OH is 1. The molecule has 1 aliphatic rings. The first-order valence-electron chi connectivity index (χ1n) is 5.68. The van der Waals surface area contributed by atoms with Crippen molar-refractivity contribution in [2.75, 3.05) is 20.2 Å². The largest absolute Gasteiger partial charge is 0.492 e. The molecule has 0 spiro atoms. The predicted octanol–water partition coefficient (Wildman–Crippen LogP) is 1.05. The van der Waals surface area contributed by atoms with Crippen LogP contribution in [0.15, 0.2) is 18.3 Å². The van der Waals surface area contributed by atoms with Crippen LogP contribution in [0.3, 0.4) is 0 Å². The first-order chi connectivity index (χ1) is 7.79. The van der Waals surface area contributed by atoms with Crippen LogP contribution < -0.4 is 4.74 Å². The van der Waals surface area contributed by atoms with E-state index >= 15 is 0 Å². The number of hydrogen-bond acceptors (Lipinski definition) is 4. The van der Waals surface area contributed by atoms with Gasteiger partial charge in [0.15, 0.2) is 0 Å². The van der Waals surface area contributed by atoms with E-state index in [-0.39, 0.29) is 6.61 Å². The second-order valence-corrected chi connectivity index (χ2v) is 4.20. The fraction of sp³-hybridized carbons (Fsp3) is 0.583. The molecule has 4 nitrogen and oxygen atoms in total. The standard InChI is InChI=1S/C12H18N2O2/c1-14(11-2-3-11)6-7-16-12-4-5-13-10(8-12)9-15/h4-5,8,11,15H,2-3,6-7,9H2,1H3. The Bertz CT molecular complexity index is 340. The average molecular weight is 222 g/mol. The molecule has 1 saturated carbocycles. The van der Waals surface area contributed by atoms with Crippen molar-refractivity contribution in [3.63, 3.8) is 0 Å². The van der Waals surface area contributed by atoms with Crippen LogP contribution in [0.25, 0.3) is 0 Å². The highest BCUT2D eigenvalue weighted by Crippen LogP contribution is 2.24. The number of rotatable bonds is 6.